The van der Waals surface area contributed by atoms with Gasteiger partial charge < -0.3 is 15.7 Å². The highest BCUT2D eigenvalue weighted by molar-refractivity contribution is 7.14. The van der Waals surface area contributed by atoms with Crippen molar-refractivity contribution in [2.45, 2.75) is 52.0 Å². The lowest BCUT2D eigenvalue weighted by Gasteiger charge is -2.18. The van der Waals surface area contributed by atoms with Crippen molar-refractivity contribution in [3.05, 3.63) is 105 Å². The van der Waals surface area contributed by atoms with Gasteiger partial charge in [-0.1, -0.05) is 88.4 Å². The Bertz CT molecular complexity index is 1590. The lowest BCUT2D eigenvalue weighted by atomic mass is 9.95. The first-order valence-corrected chi connectivity index (χ1v) is 14.9. The van der Waals surface area contributed by atoms with Crippen LogP contribution in [0, 0.1) is 0 Å². The van der Waals surface area contributed by atoms with E-state index in [9.17, 15) is 14.4 Å². The topological polar surface area (TPSA) is 121 Å². The van der Waals surface area contributed by atoms with Crippen LogP contribution < -0.4 is 10.6 Å². The van der Waals surface area contributed by atoms with E-state index in [0.29, 0.717) is 10.7 Å². The highest BCUT2D eigenvalue weighted by Gasteiger charge is 2.24. The van der Waals surface area contributed by atoms with Crippen LogP contribution >= 0.6 is 11.3 Å². The van der Waals surface area contributed by atoms with Gasteiger partial charge in [0, 0.05) is 34.8 Å². The monoisotopic (exact) mass is 596 g/mol. The summed E-state index contributed by atoms with van der Waals surface area (Å²) in [5, 5.41) is 14.2. The number of benzene rings is 2. The summed E-state index contributed by atoms with van der Waals surface area (Å²) in [6.45, 7) is 7.79. The molecule has 0 radical (unpaired) electrons. The molecule has 2 aromatic carbocycles. The zero-order valence-corrected chi connectivity index (χ0v) is 25.6. The number of hydrogen-bond acceptors (Lipinski definition) is 6. The molecule has 2 heterocycles. The van der Waals surface area contributed by atoms with Gasteiger partial charge in [-0.05, 0) is 40.7 Å². The average molecular weight is 597 g/mol. The molecule has 43 heavy (non-hydrogen) atoms. The maximum Gasteiger partial charge on any atom is 0.322 e. The predicted molar refractivity (Wildman–Crippen MR) is 171 cm³/mol. The number of aromatic nitrogens is 2. The van der Waals surface area contributed by atoms with E-state index in [2.05, 4.69) is 72.6 Å². The molecule has 0 fully saturated rings. The summed E-state index contributed by atoms with van der Waals surface area (Å²) in [6.07, 6.45) is 8.71. The lowest BCUT2D eigenvalue weighted by Crippen LogP contribution is -2.49. The van der Waals surface area contributed by atoms with Gasteiger partial charge >= 0.3 is 5.97 Å². The molecule has 0 aliphatic rings. The molecule has 0 aliphatic heterocycles. The van der Waals surface area contributed by atoms with E-state index in [-0.39, 0.29) is 17.7 Å². The summed E-state index contributed by atoms with van der Waals surface area (Å²) in [5.74, 6) is -1.55. The van der Waals surface area contributed by atoms with Gasteiger partial charge in [0.15, 0.2) is 5.82 Å². The first-order chi connectivity index (χ1) is 20.5. The standard InChI is InChI=1S/C34H36N4O4S/c1-5-22-6-8-23(9-7-22)10-11-25-19-35-31(36-20-25)26-14-12-24(13-15-26)18-27(32(41)37-21-30(39)40)38-33(42)28-16-17-29(43-28)34(2,3)4/h6-17,19-20,27H,5,18,21H2,1-4H3,(H,37,41)(H,38,42)(H,39,40)/b11-10+. The molecule has 0 aliphatic carbocycles. The Balaban J connectivity index is 1.43. The summed E-state index contributed by atoms with van der Waals surface area (Å²) in [5.41, 5.74) is 4.77. The summed E-state index contributed by atoms with van der Waals surface area (Å²) < 4.78 is 0. The Labute approximate surface area is 255 Å². The van der Waals surface area contributed by atoms with Crippen molar-refractivity contribution >= 4 is 41.3 Å². The normalized spacial score (nSPS) is 12.2. The van der Waals surface area contributed by atoms with Crippen molar-refractivity contribution in [1.82, 2.24) is 20.6 Å². The number of rotatable bonds is 11. The largest absolute Gasteiger partial charge is 0.480 e. The van der Waals surface area contributed by atoms with Crippen molar-refractivity contribution in [2.75, 3.05) is 6.54 Å². The zero-order chi connectivity index (χ0) is 31.0. The van der Waals surface area contributed by atoms with Crippen LogP contribution in [-0.4, -0.2) is 45.4 Å². The summed E-state index contributed by atoms with van der Waals surface area (Å²) in [7, 11) is 0. The van der Waals surface area contributed by atoms with Crippen molar-refractivity contribution in [2.24, 2.45) is 0 Å². The number of amides is 2. The number of aryl methyl sites for hydroxylation is 1. The van der Waals surface area contributed by atoms with Crippen LogP contribution in [0.15, 0.2) is 73.1 Å². The average Bonchev–Trinajstić information content (AvgIpc) is 3.51. The van der Waals surface area contributed by atoms with E-state index in [1.54, 1.807) is 18.5 Å². The fourth-order valence-corrected chi connectivity index (χ4v) is 5.21. The van der Waals surface area contributed by atoms with Crippen LogP contribution in [0.4, 0.5) is 0 Å². The highest BCUT2D eigenvalue weighted by Crippen LogP contribution is 2.29. The second kappa shape index (κ2) is 14.0. The molecular formula is C34H36N4O4S. The van der Waals surface area contributed by atoms with Crippen molar-refractivity contribution in [1.29, 1.82) is 0 Å². The number of carbonyl (C=O) groups excluding carboxylic acids is 2. The molecule has 3 N–H and O–H groups in total. The summed E-state index contributed by atoms with van der Waals surface area (Å²) in [4.78, 5) is 47.5. The fourth-order valence-electron chi connectivity index (χ4n) is 4.24. The van der Waals surface area contributed by atoms with Crippen LogP contribution in [0.1, 0.15) is 64.5 Å². The van der Waals surface area contributed by atoms with Gasteiger partial charge in [-0.2, -0.15) is 0 Å². The maximum atomic E-state index is 13.0. The van der Waals surface area contributed by atoms with Crippen LogP contribution in [-0.2, 0) is 27.8 Å². The first kappa shape index (κ1) is 31.3. The van der Waals surface area contributed by atoms with Crippen molar-refractivity contribution in [3.8, 4) is 11.4 Å². The quantitative estimate of drug-likeness (QED) is 0.202. The number of nitrogens with one attached hydrogen (secondary N) is 2. The molecule has 0 saturated heterocycles. The smallest absolute Gasteiger partial charge is 0.322 e. The minimum Gasteiger partial charge on any atom is -0.480 e. The number of carbonyl (C=O) groups is 3. The molecule has 4 rings (SSSR count). The van der Waals surface area contributed by atoms with E-state index in [4.69, 9.17) is 5.11 Å². The van der Waals surface area contributed by atoms with E-state index in [0.717, 1.165) is 33.6 Å². The molecule has 1 unspecified atom stereocenters. The molecule has 2 aromatic heterocycles. The Morgan fingerprint density at radius 3 is 2.09 bits per heavy atom. The van der Waals surface area contributed by atoms with Gasteiger partial charge in [-0.15, -0.1) is 11.3 Å². The van der Waals surface area contributed by atoms with Gasteiger partial charge in [0.25, 0.3) is 5.91 Å². The second-order valence-corrected chi connectivity index (χ2v) is 12.3. The number of aliphatic carboxylic acids is 1. The minimum atomic E-state index is -1.16. The minimum absolute atomic E-state index is 0.106. The van der Waals surface area contributed by atoms with Crippen LogP contribution in [0.2, 0.25) is 0 Å². The summed E-state index contributed by atoms with van der Waals surface area (Å²) in [6, 6.07) is 18.5. The first-order valence-electron chi connectivity index (χ1n) is 14.1. The fraction of sp³-hybridized carbons (Fsp3) is 0.265. The Hall–Kier alpha value is -4.63. The number of carboxylic acid groups (broad SMARTS) is 1. The Kier molecular flexibility index (Phi) is 10.2. The third kappa shape index (κ3) is 8.93. The number of nitrogens with zero attached hydrogens (tertiary/aromatic N) is 2. The van der Waals surface area contributed by atoms with E-state index in [1.165, 1.54) is 16.9 Å². The second-order valence-electron chi connectivity index (χ2n) is 11.2. The third-order valence-corrected chi connectivity index (χ3v) is 8.29. The van der Waals surface area contributed by atoms with Crippen molar-refractivity contribution in [3.63, 3.8) is 0 Å². The van der Waals surface area contributed by atoms with Gasteiger partial charge in [-0.25, -0.2) is 9.97 Å². The van der Waals surface area contributed by atoms with E-state index >= 15 is 0 Å². The molecule has 0 saturated carbocycles. The molecule has 1 atom stereocenters. The van der Waals surface area contributed by atoms with Gasteiger partial charge in [0.1, 0.15) is 12.6 Å². The van der Waals surface area contributed by atoms with Gasteiger partial charge in [0.2, 0.25) is 5.91 Å². The molecule has 222 valence electrons. The van der Waals surface area contributed by atoms with Gasteiger partial charge in [-0.3, -0.25) is 14.4 Å². The Morgan fingerprint density at radius 2 is 1.51 bits per heavy atom. The summed E-state index contributed by atoms with van der Waals surface area (Å²) >= 11 is 1.37. The van der Waals surface area contributed by atoms with Crippen LogP contribution in [0.3, 0.4) is 0 Å². The highest BCUT2D eigenvalue weighted by atomic mass is 32.1. The molecule has 0 bridgehead atoms. The van der Waals surface area contributed by atoms with Crippen molar-refractivity contribution < 1.29 is 19.5 Å². The number of hydrogen-bond donors (Lipinski definition) is 3. The predicted octanol–water partition coefficient (Wildman–Crippen LogP) is 5.78. The van der Waals surface area contributed by atoms with Crippen LogP contribution in [0.25, 0.3) is 23.5 Å². The van der Waals surface area contributed by atoms with Crippen LogP contribution in [0.5, 0.6) is 0 Å². The molecule has 0 spiro atoms. The molecule has 8 nitrogen and oxygen atoms in total. The van der Waals surface area contributed by atoms with E-state index < -0.39 is 24.5 Å². The molecular weight excluding hydrogens is 560 g/mol. The third-order valence-electron chi connectivity index (χ3n) is 6.78. The van der Waals surface area contributed by atoms with E-state index in [1.807, 2.05) is 42.5 Å². The molecule has 2 amide bonds. The zero-order valence-electron chi connectivity index (χ0n) is 24.8. The van der Waals surface area contributed by atoms with Gasteiger partial charge in [0.05, 0.1) is 4.88 Å². The lowest BCUT2D eigenvalue weighted by molar-refractivity contribution is -0.138. The molecule has 9 heteroatoms. The number of carboxylic acids is 1. The SMILES string of the molecule is CCc1ccc(/C=C/c2cnc(-c3ccc(CC(NC(=O)c4ccc(C(C)(C)C)s4)C(=O)NCC(=O)O)cc3)nc2)cc1. The number of thiophene rings is 1. The maximum absolute atomic E-state index is 13.0. The molecule has 4 aromatic rings. The Morgan fingerprint density at radius 1 is 0.884 bits per heavy atom.